The van der Waals surface area contributed by atoms with E-state index in [1.165, 1.54) is 0 Å². The van der Waals surface area contributed by atoms with Crippen LogP contribution in [0.3, 0.4) is 0 Å². The minimum atomic E-state index is -2.74. The smallest absolute Gasteiger partial charge is 0.527 e. The van der Waals surface area contributed by atoms with Crippen molar-refractivity contribution in [2.24, 2.45) is 0 Å². The molecule has 0 amide bonds. The molecule has 0 radical (unpaired) electrons. The van der Waals surface area contributed by atoms with E-state index in [-0.39, 0.29) is 0 Å². The molecule has 0 spiro atoms. The lowest BCUT2D eigenvalue weighted by molar-refractivity contribution is -0.154. The van der Waals surface area contributed by atoms with E-state index in [1.54, 1.807) is 0 Å². The summed E-state index contributed by atoms with van der Waals surface area (Å²) in [6.45, 7) is 0. The summed E-state index contributed by atoms with van der Waals surface area (Å²) in [5, 5.41) is 13.5. The van der Waals surface area contributed by atoms with E-state index in [2.05, 4.69) is 0 Å². The maximum absolute atomic E-state index is 9.36. The standard InChI is InChI=1S/CH2NO3P/c2-6(5)1(3)4/h2H,(H,3,4). The Balaban J connectivity index is 3.57. The van der Waals surface area contributed by atoms with E-state index in [0.29, 0.717) is 0 Å². The van der Waals surface area contributed by atoms with Crippen molar-refractivity contribution in [2.45, 2.75) is 0 Å². The van der Waals surface area contributed by atoms with E-state index in [9.17, 15) is 9.69 Å². The minimum absolute atomic E-state index is 1.56. The van der Waals surface area contributed by atoms with Crippen LogP contribution in [-0.4, -0.2) is 10.8 Å². The van der Waals surface area contributed by atoms with E-state index in [4.69, 9.17) is 10.3 Å². The van der Waals surface area contributed by atoms with Gasteiger partial charge in [0.15, 0.2) is 0 Å². The SMILES string of the molecule is N=[P+]([O-])C(=O)O. The molecule has 0 heterocycles. The number of hydrogen-bond acceptors (Lipinski definition) is 3. The van der Waals surface area contributed by atoms with Gasteiger partial charge in [-0.25, -0.2) is 0 Å². The number of hydrogen-bond donors (Lipinski definition) is 2. The van der Waals surface area contributed by atoms with Crippen LogP contribution in [0.4, 0.5) is 4.79 Å². The van der Waals surface area contributed by atoms with Gasteiger partial charge in [-0.15, -0.1) is 5.16 Å². The van der Waals surface area contributed by atoms with E-state index < -0.39 is 13.7 Å². The van der Waals surface area contributed by atoms with Gasteiger partial charge in [0.25, 0.3) is 7.94 Å². The van der Waals surface area contributed by atoms with Crippen LogP contribution in [0.15, 0.2) is 0 Å². The maximum atomic E-state index is 9.36. The molecule has 0 rings (SSSR count). The molecule has 0 aromatic carbocycles. The number of rotatable bonds is 1. The third-order valence-corrected chi connectivity index (χ3v) is 0.521. The van der Waals surface area contributed by atoms with Crippen LogP contribution in [0, 0.1) is 5.16 Å². The van der Waals surface area contributed by atoms with Gasteiger partial charge < -0.3 is 10.00 Å². The summed E-state index contributed by atoms with van der Waals surface area (Å²) in [6.07, 6.45) is 0. The largest absolute Gasteiger partial charge is 0.602 e. The van der Waals surface area contributed by atoms with Crippen LogP contribution in [0.2, 0.25) is 0 Å². The second kappa shape index (κ2) is 1.85. The molecule has 1 atom stereocenters. The Morgan fingerprint density at radius 1 is 2.00 bits per heavy atom. The van der Waals surface area contributed by atoms with Gasteiger partial charge in [-0.3, -0.25) is 0 Å². The molecule has 34 valence electrons. The van der Waals surface area contributed by atoms with Crippen molar-refractivity contribution in [1.29, 1.82) is 5.16 Å². The van der Waals surface area contributed by atoms with Gasteiger partial charge >= 0.3 is 5.71 Å². The molecule has 0 aromatic heterocycles. The Labute approximate surface area is 34.8 Å². The molecular weight excluding hydrogens is 105 g/mol. The van der Waals surface area contributed by atoms with Crippen molar-refractivity contribution in [3.63, 3.8) is 0 Å². The Morgan fingerprint density at radius 2 is 2.17 bits per heavy atom. The average molecular weight is 107 g/mol. The van der Waals surface area contributed by atoms with E-state index >= 15 is 0 Å². The van der Waals surface area contributed by atoms with Gasteiger partial charge in [0.05, 0.1) is 0 Å². The zero-order valence-electron chi connectivity index (χ0n) is 2.71. The number of nitrogens with one attached hydrogen (secondary N) is 1. The highest BCUT2D eigenvalue weighted by atomic mass is 31.1. The first-order valence-electron chi connectivity index (χ1n) is 1.06. The summed E-state index contributed by atoms with van der Waals surface area (Å²) >= 11 is 0. The summed E-state index contributed by atoms with van der Waals surface area (Å²) in [5.74, 6) is 0. The quantitative estimate of drug-likeness (QED) is 0.469. The molecule has 0 saturated carbocycles. The summed E-state index contributed by atoms with van der Waals surface area (Å²) in [4.78, 5) is 18.6. The van der Waals surface area contributed by atoms with Gasteiger partial charge in [-0.05, 0) is 0 Å². The molecule has 4 nitrogen and oxygen atoms in total. The fourth-order valence-electron chi connectivity index (χ4n) is 0. The topological polar surface area (TPSA) is 84.2 Å². The fourth-order valence-corrected chi connectivity index (χ4v) is 0. The lowest BCUT2D eigenvalue weighted by atomic mass is 11.6. The van der Waals surface area contributed by atoms with Crippen LogP contribution in [0.1, 0.15) is 0 Å². The molecule has 2 N–H and O–H groups in total. The second-order valence-electron chi connectivity index (χ2n) is 0.577. The highest BCUT2D eigenvalue weighted by Gasteiger charge is 2.04. The predicted molar refractivity (Wildman–Crippen MR) is 17.7 cm³/mol. The molecule has 0 fully saturated rings. The molecule has 0 aliphatic rings. The van der Waals surface area contributed by atoms with Gasteiger partial charge in [-0.2, -0.15) is 4.79 Å². The fraction of sp³-hybridized carbons (Fsp3) is 0. The van der Waals surface area contributed by atoms with Crippen molar-refractivity contribution >= 4 is 13.7 Å². The highest BCUT2D eigenvalue weighted by Crippen LogP contribution is 2.06. The minimum Gasteiger partial charge on any atom is -0.602 e. The zero-order chi connectivity index (χ0) is 5.15. The first-order valence-corrected chi connectivity index (χ1v) is 2.32. The van der Waals surface area contributed by atoms with Crippen molar-refractivity contribution in [2.75, 3.05) is 0 Å². The van der Waals surface area contributed by atoms with Crippen LogP contribution in [0.25, 0.3) is 0 Å². The van der Waals surface area contributed by atoms with Crippen LogP contribution in [0.5, 0.6) is 0 Å². The van der Waals surface area contributed by atoms with Crippen molar-refractivity contribution in [1.82, 2.24) is 0 Å². The normalized spacial score (nSPS) is 10.5. The maximum Gasteiger partial charge on any atom is 0.527 e. The molecule has 0 bridgehead atoms. The summed E-state index contributed by atoms with van der Waals surface area (Å²) in [5.41, 5.74) is -1.56. The van der Waals surface area contributed by atoms with E-state index in [1.807, 2.05) is 0 Å². The third kappa shape index (κ3) is 1.81. The lowest BCUT2D eigenvalue weighted by Gasteiger charge is -1.74. The molecule has 0 aromatic rings. The lowest BCUT2D eigenvalue weighted by Crippen LogP contribution is -1.93. The average Bonchev–Trinajstić information content (AvgIpc) is 1.36. The van der Waals surface area contributed by atoms with Crippen molar-refractivity contribution in [3.05, 3.63) is 0 Å². The Bertz CT molecular complexity index is 76.8. The summed E-state index contributed by atoms with van der Waals surface area (Å²) in [6, 6.07) is 0. The van der Waals surface area contributed by atoms with E-state index in [0.717, 1.165) is 0 Å². The molecular formula is CH2NO3P. The van der Waals surface area contributed by atoms with Gasteiger partial charge in [-0.1, -0.05) is 0 Å². The Morgan fingerprint density at radius 3 is 2.17 bits per heavy atom. The molecule has 6 heavy (non-hydrogen) atoms. The van der Waals surface area contributed by atoms with Crippen molar-refractivity contribution in [3.8, 4) is 0 Å². The number of carbonyl (C=O) groups is 1. The first-order chi connectivity index (χ1) is 2.64. The molecule has 0 aliphatic carbocycles. The zero-order valence-corrected chi connectivity index (χ0v) is 3.61. The molecule has 0 saturated heterocycles. The van der Waals surface area contributed by atoms with Crippen molar-refractivity contribution < 1.29 is 14.8 Å². The second-order valence-corrected chi connectivity index (χ2v) is 1.55. The highest BCUT2D eigenvalue weighted by molar-refractivity contribution is 7.57. The predicted octanol–water partition coefficient (Wildman–Crippen LogP) is 0.184. The van der Waals surface area contributed by atoms with Gasteiger partial charge in [0.2, 0.25) is 0 Å². The van der Waals surface area contributed by atoms with Crippen LogP contribution < -0.4 is 4.89 Å². The molecule has 0 aliphatic heterocycles. The first kappa shape index (κ1) is 5.53. The Hall–Kier alpha value is -0.470. The third-order valence-electron chi connectivity index (χ3n) is 0.174. The molecule has 1 unspecified atom stereocenters. The monoisotopic (exact) mass is 107 g/mol. The van der Waals surface area contributed by atoms with Crippen LogP contribution >= 0.6 is 7.94 Å². The number of carboxylic acid groups (broad SMARTS) is 1. The van der Waals surface area contributed by atoms with Crippen LogP contribution in [-0.2, 0) is 0 Å². The summed E-state index contributed by atoms with van der Waals surface area (Å²) in [7, 11) is -2.74. The van der Waals surface area contributed by atoms with Gasteiger partial charge in [0, 0.05) is 0 Å². The molecule has 5 heteroatoms. The van der Waals surface area contributed by atoms with Gasteiger partial charge in [0.1, 0.15) is 0 Å². The summed E-state index contributed by atoms with van der Waals surface area (Å²) < 4.78 is 0. The Kier molecular flexibility index (Phi) is 1.70.